The van der Waals surface area contributed by atoms with E-state index in [0.29, 0.717) is 24.1 Å². The minimum Gasteiger partial charge on any atom is -0.378 e. The summed E-state index contributed by atoms with van der Waals surface area (Å²) < 4.78 is 7.58. The van der Waals surface area contributed by atoms with Gasteiger partial charge in [0.2, 0.25) is 5.95 Å². The number of rotatable bonds is 7. The highest BCUT2D eigenvalue weighted by Crippen LogP contribution is 2.30. The van der Waals surface area contributed by atoms with Gasteiger partial charge in [0, 0.05) is 31.6 Å². The minimum atomic E-state index is 0.0202. The predicted molar refractivity (Wildman–Crippen MR) is 132 cm³/mol. The second-order valence-corrected chi connectivity index (χ2v) is 10.1. The molecule has 0 spiro atoms. The smallest absolute Gasteiger partial charge is 0.232 e. The number of benzene rings is 1. The maximum atomic E-state index is 13.0. The van der Waals surface area contributed by atoms with Crippen LogP contribution in [0.5, 0.6) is 0 Å². The second kappa shape index (κ2) is 10.2. The lowest BCUT2D eigenvalue weighted by molar-refractivity contribution is 0.101. The van der Waals surface area contributed by atoms with Crippen LogP contribution in [0.2, 0.25) is 0 Å². The molecular weight excluding hydrogens is 456 g/mol. The average molecular weight is 485 g/mol. The van der Waals surface area contributed by atoms with Crippen LogP contribution in [0, 0.1) is 6.92 Å². The van der Waals surface area contributed by atoms with Crippen LogP contribution in [0.1, 0.15) is 35.3 Å². The van der Waals surface area contributed by atoms with Crippen molar-refractivity contribution in [2.75, 3.05) is 54.9 Å². The summed E-state index contributed by atoms with van der Waals surface area (Å²) in [6.45, 7) is 7.02. The van der Waals surface area contributed by atoms with Gasteiger partial charge in [0.1, 0.15) is 5.69 Å². The number of carbonyl (C=O) groups excluding carboxylic acids is 1. The molecule has 2 fully saturated rings. The Labute approximate surface area is 202 Å². The van der Waals surface area contributed by atoms with E-state index in [1.165, 1.54) is 31.0 Å². The first-order valence-electron chi connectivity index (χ1n) is 11.4. The van der Waals surface area contributed by atoms with E-state index in [4.69, 9.17) is 4.74 Å². The molecule has 3 aromatic rings. The molecule has 8 nitrogen and oxygen atoms in total. The van der Waals surface area contributed by atoms with E-state index in [9.17, 15) is 4.79 Å². The summed E-state index contributed by atoms with van der Waals surface area (Å²) in [4.78, 5) is 22.1. The highest BCUT2D eigenvalue weighted by Gasteiger charge is 2.24. The number of hydrogen-bond acceptors (Lipinski definition) is 9. The number of thioether (sulfide) groups is 1. The van der Waals surface area contributed by atoms with Gasteiger partial charge in [-0.25, -0.2) is 4.98 Å². The van der Waals surface area contributed by atoms with E-state index in [0.717, 1.165) is 48.5 Å². The molecule has 0 atom stereocenters. The third-order valence-corrected chi connectivity index (χ3v) is 7.83. The Bertz CT molecular complexity index is 1100. The Morgan fingerprint density at radius 1 is 1.06 bits per heavy atom. The highest BCUT2D eigenvalue weighted by molar-refractivity contribution is 7.99. The van der Waals surface area contributed by atoms with E-state index in [1.54, 1.807) is 11.3 Å². The second-order valence-electron chi connectivity index (χ2n) is 8.28. The lowest BCUT2D eigenvalue weighted by Crippen LogP contribution is -2.38. The number of nitrogens with zero attached hydrogens (tertiary/aromatic N) is 6. The first-order chi connectivity index (χ1) is 16.2. The van der Waals surface area contributed by atoms with Gasteiger partial charge in [0.05, 0.1) is 24.7 Å². The van der Waals surface area contributed by atoms with E-state index < -0.39 is 0 Å². The molecule has 2 aromatic heterocycles. The fourth-order valence-corrected chi connectivity index (χ4v) is 5.88. The number of ketones is 1. The summed E-state index contributed by atoms with van der Waals surface area (Å²) >= 11 is 2.98. The summed E-state index contributed by atoms with van der Waals surface area (Å²) in [6, 6.07) is 8.19. The number of anilines is 2. The van der Waals surface area contributed by atoms with Crippen molar-refractivity contribution in [3.05, 3.63) is 40.9 Å². The lowest BCUT2D eigenvalue weighted by Gasteiger charge is -2.28. The van der Waals surface area contributed by atoms with Crippen molar-refractivity contribution < 1.29 is 9.53 Å². The number of thiazole rings is 1. The van der Waals surface area contributed by atoms with Crippen molar-refractivity contribution >= 4 is 40.0 Å². The van der Waals surface area contributed by atoms with Crippen LogP contribution in [0.4, 0.5) is 11.1 Å². The van der Waals surface area contributed by atoms with Crippen LogP contribution < -0.4 is 9.80 Å². The fourth-order valence-electron chi connectivity index (χ4n) is 4.18. The average Bonchev–Trinajstić information content (AvgIpc) is 3.52. The van der Waals surface area contributed by atoms with Gasteiger partial charge in [-0.2, -0.15) is 0 Å². The van der Waals surface area contributed by atoms with E-state index in [1.807, 2.05) is 17.5 Å². The van der Waals surface area contributed by atoms with Gasteiger partial charge in [-0.1, -0.05) is 30.0 Å². The molecule has 1 aromatic carbocycles. The summed E-state index contributed by atoms with van der Waals surface area (Å²) in [5.41, 5.74) is 2.70. The summed E-state index contributed by atoms with van der Waals surface area (Å²) in [7, 11) is 0. The largest absolute Gasteiger partial charge is 0.378 e. The lowest BCUT2D eigenvalue weighted by atomic mass is 10.1. The molecule has 0 bridgehead atoms. The first-order valence-corrected chi connectivity index (χ1v) is 13.3. The predicted octanol–water partition coefficient (Wildman–Crippen LogP) is 3.83. The Hall–Kier alpha value is -2.43. The molecule has 5 rings (SSSR count). The van der Waals surface area contributed by atoms with Gasteiger partial charge in [-0.05, 0) is 37.8 Å². The summed E-state index contributed by atoms with van der Waals surface area (Å²) in [6.07, 6.45) is 3.66. The molecule has 0 aliphatic carbocycles. The van der Waals surface area contributed by atoms with Gasteiger partial charge < -0.3 is 14.5 Å². The summed E-state index contributed by atoms with van der Waals surface area (Å²) in [5, 5.41) is 12.5. The van der Waals surface area contributed by atoms with Crippen LogP contribution in [-0.4, -0.2) is 70.7 Å². The fraction of sp³-hybridized carbons (Fsp3) is 0.478. The van der Waals surface area contributed by atoms with Crippen LogP contribution in [0.3, 0.4) is 0 Å². The molecule has 0 radical (unpaired) electrons. The normalized spacial score (nSPS) is 16.9. The van der Waals surface area contributed by atoms with Crippen molar-refractivity contribution in [2.24, 2.45) is 0 Å². The number of Topliss-reactive ketones (excluding diaryl/α,β-unsaturated/α-hetero) is 1. The number of para-hydroxylation sites is 1. The van der Waals surface area contributed by atoms with Gasteiger partial charge in [0.15, 0.2) is 16.1 Å². The SMILES string of the molecule is Cc1ccccc1-n1c(SCC(=O)c2csc(N3CCCCC3)n2)nnc1N1CCOCC1. The van der Waals surface area contributed by atoms with Gasteiger partial charge in [0.25, 0.3) is 0 Å². The standard InChI is InChI=1S/C23H28N6O2S2/c1-17-7-3-4-8-19(17)29-21(27-11-13-31-14-12-27)25-26-23(29)33-16-20(30)18-15-32-22(24-18)28-9-5-2-6-10-28/h3-4,7-8,15H,2,5-6,9-14,16H2,1H3. The number of ether oxygens (including phenoxy) is 1. The number of aryl methyl sites for hydroxylation is 1. The Kier molecular flexibility index (Phi) is 6.93. The van der Waals surface area contributed by atoms with Crippen molar-refractivity contribution in [1.29, 1.82) is 0 Å². The first kappa shape index (κ1) is 22.4. The maximum Gasteiger partial charge on any atom is 0.232 e. The van der Waals surface area contributed by atoms with Crippen molar-refractivity contribution in [3.8, 4) is 5.69 Å². The third-order valence-electron chi connectivity index (χ3n) is 6.00. The maximum absolute atomic E-state index is 13.0. The molecule has 0 N–H and O–H groups in total. The van der Waals surface area contributed by atoms with Crippen LogP contribution >= 0.6 is 23.1 Å². The molecule has 10 heteroatoms. The molecule has 33 heavy (non-hydrogen) atoms. The van der Waals surface area contributed by atoms with Crippen LogP contribution in [-0.2, 0) is 4.74 Å². The molecule has 2 aliphatic heterocycles. The number of aromatic nitrogens is 4. The van der Waals surface area contributed by atoms with E-state index >= 15 is 0 Å². The highest BCUT2D eigenvalue weighted by atomic mass is 32.2. The molecule has 0 amide bonds. The van der Waals surface area contributed by atoms with E-state index in [-0.39, 0.29) is 11.5 Å². The molecule has 2 saturated heterocycles. The molecule has 174 valence electrons. The number of hydrogen-bond donors (Lipinski definition) is 0. The Balaban J connectivity index is 1.35. The molecule has 0 unspecified atom stereocenters. The van der Waals surface area contributed by atoms with Gasteiger partial charge in [-0.15, -0.1) is 21.5 Å². The van der Waals surface area contributed by atoms with Crippen molar-refractivity contribution in [2.45, 2.75) is 31.3 Å². The van der Waals surface area contributed by atoms with Crippen molar-refractivity contribution in [1.82, 2.24) is 19.7 Å². The Morgan fingerprint density at radius 2 is 1.85 bits per heavy atom. The monoisotopic (exact) mass is 484 g/mol. The van der Waals surface area contributed by atoms with Gasteiger partial charge >= 0.3 is 0 Å². The third kappa shape index (κ3) is 4.92. The number of piperidine rings is 1. The zero-order chi connectivity index (χ0) is 22.6. The Morgan fingerprint density at radius 3 is 2.64 bits per heavy atom. The molecular formula is C23H28N6O2S2. The quantitative estimate of drug-likeness (QED) is 0.370. The number of morpholine rings is 1. The van der Waals surface area contributed by atoms with Crippen LogP contribution in [0.25, 0.3) is 5.69 Å². The summed E-state index contributed by atoms with van der Waals surface area (Å²) in [5.74, 6) is 1.09. The molecule has 4 heterocycles. The zero-order valence-corrected chi connectivity index (χ0v) is 20.4. The van der Waals surface area contributed by atoms with Crippen molar-refractivity contribution in [3.63, 3.8) is 0 Å². The zero-order valence-electron chi connectivity index (χ0n) is 18.8. The van der Waals surface area contributed by atoms with Crippen LogP contribution in [0.15, 0.2) is 34.8 Å². The van der Waals surface area contributed by atoms with Gasteiger partial charge in [-0.3, -0.25) is 9.36 Å². The topological polar surface area (TPSA) is 76.4 Å². The number of carbonyl (C=O) groups is 1. The van der Waals surface area contributed by atoms with E-state index in [2.05, 4.69) is 48.6 Å². The molecule has 0 saturated carbocycles. The molecule has 2 aliphatic rings. The minimum absolute atomic E-state index is 0.0202.